The van der Waals surface area contributed by atoms with Crippen molar-refractivity contribution < 1.29 is 26.7 Å². The topological polar surface area (TPSA) is 88.8 Å². The molecule has 5 nitrogen and oxygen atoms in total. The number of aromatic amines is 1. The number of primary amides is 1. The highest BCUT2D eigenvalue weighted by molar-refractivity contribution is 6.03. The lowest BCUT2D eigenvalue weighted by Gasteiger charge is -2.43. The maximum Gasteiger partial charge on any atom is 0.391 e. The van der Waals surface area contributed by atoms with Crippen LogP contribution in [-0.4, -0.2) is 28.0 Å². The van der Waals surface area contributed by atoms with E-state index in [4.69, 9.17) is 5.73 Å². The highest BCUT2D eigenvalue weighted by atomic mass is 19.4. The Morgan fingerprint density at radius 1 is 1.16 bits per heavy atom. The van der Waals surface area contributed by atoms with Crippen molar-refractivity contribution in [2.24, 2.45) is 23.5 Å². The van der Waals surface area contributed by atoms with E-state index in [0.29, 0.717) is 5.69 Å². The van der Waals surface area contributed by atoms with E-state index in [2.05, 4.69) is 9.97 Å². The summed E-state index contributed by atoms with van der Waals surface area (Å²) in [7, 11) is 0. The number of nitrogens with two attached hydrogens (primary N) is 1. The lowest BCUT2D eigenvalue weighted by atomic mass is 9.64. The third kappa shape index (κ3) is 4.36. The number of rotatable bonds is 3. The maximum absolute atomic E-state index is 13.7. The van der Waals surface area contributed by atoms with Crippen LogP contribution in [0.1, 0.15) is 67.0 Å². The van der Waals surface area contributed by atoms with Gasteiger partial charge in [0.05, 0.1) is 16.8 Å². The molecule has 0 unspecified atom stereocenters. The van der Waals surface area contributed by atoms with E-state index in [9.17, 15) is 31.5 Å². The molecule has 3 atom stereocenters. The van der Waals surface area contributed by atoms with Crippen molar-refractivity contribution >= 4 is 16.8 Å². The molecule has 0 aliphatic heterocycles. The van der Waals surface area contributed by atoms with Crippen LogP contribution in [0.2, 0.25) is 0 Å². The summed E-state index contributed by atoms with van der Waals surface area (Å²) in [5.41, 5.74) is 5.13. The van der Waals surface area contributed by atoms with Crippen LogP contribution >= 0.6 is 0 Å². The molecular weight excluding hydrogens is 433 g/mol. The third-order valence-corrected chi connectivity index (χ3v) is 7.13. The average Bonchev–Trinajstić information content (AvgIpc) is 2.72. The van der Waals surface area contributed by atoms with Crippen molar-refractivity contribution in [3.8, 4) is 0 Å². The molecule has 174 valence electrons. The Balaban J connectivity index is 1.74. The summed E-state index contributed by atoms with van der Waals surface area (Å²) in [6.45, 7) is 0. The third-order valence-electron chi connectivity index (χ3n) is 7.13. The van der Waals surface area contributed by atoms with E-state index >= 15 is 0 Å². The molecule has 10 heteroatoms. The van der Waals surface area contributed by atoms with Gasteiger partial charge in [0.2, 0.25) is 5.92 Å². The van der Waals surface area contributed by atoms with Gasteiger partial charge in [0.25, 0.3) is 5.91 Å². The second-order valence-corrected chi connectivity index (χ2v) is 9.05. The van der Waals surface area contributed by atoms with Gasteiger partial charge in [-0.3, -0.25) is 14.6 Å². The molecule has 0 spiro atoms. The lowest BCUT2D eigenvalue weighted by molar-refractivity contribution is -0.187. The molecule has 0 aromatic carbocycles. The summed E-state index contributed by atoms with van der Waals surface area (Å²) in [6.07, 6.45) is -3.13. The molecule has 0 bridgehead atoms. The van der Waals surface area contributed by atoms with E-state index in [-0.39, 0.29) is 73.4 Å². The first-order valence-corrected chi connectivity index (χ1v) is 10.7. The number of pyridine rings is 2. The SMILES string of the molecule is NC(=O)c1nccc2[nH]c([C@@H]3C[C@H](C(F)(F)F)CC[C@H]3C3CCC(F)(F)CC3)cc(=O)c12. The molecule has 3 N–H and O–H groups in total. The quantitative estimate of drug-likeness (QED) is 0.642. The fraction of sp³-hybridized carbons (Fsp3) is 0.591. The predicted molar refractivity (Wildman–Crippen MR) is 107 cm³/mol. The van der Waals surface area contributed by atoms with Gasteiger partial charge >= 0.3 is 6.18 Å². The van der Waals surface area contributed by atoms with Crippen LogP contribution in [0.25, 0.3) is 10.9 Å². The number of H-pyrrole nitrogens is 1. The van der Waals surface area contributed by atoms with Crippen LogP contribution in [0.3, 0.4) is 0 Å². The molecule has 0 radical (unpaired) electrons. The number of fused-ring (bicyclic) bond motifs is 1. The smallest absolute Gasteiger partial charge is 0.364 e. The highest BCUT2D eigenvalue weighted by Gasteiger charge is 2.48. The minimum Gasteiger partial charge on any atom is -0.364 e. The zero-order chi connectivity index (χ0) is 23.3. The van der Waals surface area contributed by atoms with Crippen LogP contribution in [0, 0.1) is 17.8 Å². The number of amides is 1. The predicted octanol–water partition coefficient (Wildman–Crippen LogP) is 4.91. The van der Waals surface area contributed by atoms with Gasteiger partial charge in [0, 0.05) is 36.7 Å². The molecule has 2 saturated carbocycles. The fourth-order valence-electron chi connectivity index (χ4n) is 5.51. The fourth-order valence-corrected chi connectivity index (χ4v) is 5.51. The molecule has 2 aromatic heterocycles. The van der Waals surface area contributed by atoms with Crippen molar-refractivity contribution in [3.63, 3.8) is 0 Å². The number of aromatic nitrogens is 2. The van der Waals surface area contributed by atoms with Gasteiger partial charge in [-0.15, -0.1) is 0 Å². The average molecular weight is 457 g/mol. The Morgan fingerprint density at radius 2 is 1.84 bits per heavy atom. The minimum atomic E-state index is -4.37. The van der Waals surface area contributed by atoms with Gasteiger partial charge in [-0.25, -0.2) is 8.78 Å². The Kier molecular flexibility index (Phi) is 5.75. The number of carbonyl (C=O) groups is 1. The molecule has 2 aromatic rings. The number of hydrogen-bond donors (Lipinski definition) is 2. The molecule has 1 amide bonds. The molecule has 4 rings (SSSR count). The van der Waals surface area contributed by atoms with E-state index in [0.717, 1.165) is 0 Å². The molecular formula is C22H24F5N3O2. The van der Waals surface area contributed by atoms with Gasteiger partial charge in [0.15, 0.2) is 5.43 Å². The van der Waals surface area contributed by atoms with Crippen LogP contribution in [0.4, 0.5) is 22.0 Å². The molecule has 2 aliphatic carbocycles. The maximum atomic E-state index is 13.7. The van der Waals surface area contributed by atoms with Crippen LogP contribution < -0.4 is 11.2 Å². The van der Waals surface area contributed by atoms with Gasteiger partial charge < -0.3 is 10.7 Å². The zero-order valence-corrected chi connectivity index (χ0v) is 17.2. The number of carbonyl (C=O) groups excluding carboxylic acids is 1. The number of nitrogens with zero attached hydrogens (tertiary/aromatic N) is 1. The van der Waals surface area contributed by atoms with Crippen molar-refractivity contribution in [2.45, 2.75) is 63.0 Å². The molecule has 0 saturated heterocycles. The van der Waals surface area contributed by atoms with Crippen LogP contribution in [0.5, 0.6) is 0 Å². The summed E-state index contributed by atoms with van der Waals surface area (Å²) in [6, 6.07) is 2.68. The second kappa shape index (κ2) is 8.12. The van der Waals surface area contributed by atoms with E-state index in [1.807, 2.05) is 0 Å². The minimum absolute atomic E-state index is 0.0132. The second-order valence-electron chi connectivity index (χ2n) is 9.05. The van der Waals surface area contributed by atoms with Crippen molar-refractivity contribution in [3.05, 3.63) is 39.9 Å². The van der Waals surface area contributed by atoms with Gasteiger partial charge in [0.1, 0.15) is 5.69 Å². The van der Waals surface area contributed by atoms with Gasteiger partial charge in [-0.05, 0) is 50.0 Å². The summed E-state index contributed by atoms with van der Waals surface area (Å²) in [5.74, 6) is -6.14. The molecule has 2 heterocycles. The summed E-state index contributed by atoms with van der Waals surface area (Å²) in [5, 5.41) is -0.0132. The summed E-state index contributed by atoms with van der Waals surface area (Å²) in [4.78, 5) is 31.3. The Bertz CT molecular complexity index is 1070. The Hall–Kier alpha value is -2.52. The van der Waals surface area contributed by atoms with Gasteiger partial charge in [-0.2, -0.15) is 13.2 Å². The standard InChI is InChI=1S/C22H24F5N3O2/c23-21(24)6-3-11(4-7-21)13-2-1-12(22(25,26)27)9-14(13)16-10-17(31)18-15(30-16)5-8-29-19(18)20(28)32/h5,8,10-14H,1-4,6-7,9H2,(H2,28,32)(H,30,31)/t12-,13+,14-/m1/s1. The highest BCUT2D eigenvalue weighted by Crippen LogP contribution is 2.52. The van der Waals surface area contributed by atoms with Gasteiger partial charge in [-0.1, -0.05) is 0 Å². The summed E-state index contributed by atoms with van der Waals surface area (Å²) < 4.78 is 68.0. The number of hydrogen-bond acceptors (Lipinski definition) is 3. The van der Waals surface area contributed by atoms with Crippen molar-refractivity contribution in [1.82, 2.24) is 9.97 Å². The van der Waals surface area contributed by atoms with Crippen LogP contribution in [0.15, 0.2) is 23.1 Å². The Labute approximate surface area is 180 Å². The van der Waals surface area contributed by atoms with Crippen molar-refractivity contribution in [2.75, 3.05) is 0 Å². The molecule has 2 aliphatic rings. The number of alkyl halides is 5. The van der Waals surface area contributed by atoms with E-state index < -0.39 is 35.3 Å². The number of nitrogens with one attached hydrogen (secondary N) is 1. The largest absolute Gasteiger partial charge is 0.391 e. The Morgan fingerprint density at radius 3 is 2.47 bits per heavy atom. The first-order valence-electron chi connectivity index (χ1n) is 10.7. The summed E-state index contributed by atoms with van der Waals surface area (Å²) >= 11 is 0. The lowest BCUT2D eigenvalue weighted by Crippen LogP contribution is -2.38. The molecule has 32 heavy (non-hydrogen) atoms. The first-order chi connectivity index (χ1) is 15.0. The zero-order valence-electron chi connectivity index (χ0n) is 17.2. The van der Waals surface area contributed by atoms with E-state index in [1.165, 1.54) is 18.3 Å². The van der Waals surface area contributed by atoms with Crippen molar-refractivity contribution in [1.29, 1.82) is 0 Å². The first kappa shape index (κ1) is 22.7. The van der Waals surface area contributed by atoms with E-state index in [1.54, 1.807) is 0 Å². The monoisotopic (exact) mass is 457 g/mol. The van der Waals surface area contributed by atoms with Crippen LogP contribution in [-0.2, 0) is 0 Å². The number of halogens is 5. The normalized spacial score (nSPS) is 26.8. The molecule has 2 fully saturated rings.